The van der Waals surface area contributed by atoms with E-state index < -0.39 is 48.7 Å². The molecule has 1 aromatic rings. The molecule has 12 nitrogen and oxygen atoms in total. The zero-order valence-corrected chi connectivity index (χ0v) is 22.1. The average Bonchev–Trinajstić information content (AvgIpc) is 2.79. The highest BCUT2D eigenvalue weighted by Gasteiger charge is 2.67. The number of amides is 1. The number of primary amides is 1. The van der Waals surface area contributed by atoms with Crippen molar-refractivity contribution in [2.45, 2.75) is 36.3 Å². The van der Waals surface area contributed by atoms with E-state index in [1.165, 1.54) is 0 Å². The maximum absolute atomic E-state index is 12.1. The molecule has 4 atom stereocenters. The minimum atomic E-state index is -4.30. The predicted molar refractivity (Wildman–Crippen MR) is 138 cm³/mol. The number of piperidine rings is 1. The van der Waals surface area contributed by atoms with Gasteiger partial charge in [0, 0.05) is 30.2 Å². The van der Waals surface area contributed by atoms with E-state index in [0.717, 1.165) is 47.3 Å². The third-order valence-corrected chi connectivity index (χ3v) is 9.42. The van der Waals surface area contributed by atoms with Crippen LogP contribution in [-0.4, -0.2) is 90.4 Å². The first kappa shape index (κ1) is 28.9. The number of carbonyl (C=O) groups is 1. The first-order chi connectivity index (χ1) is 17.0. The molecule has 3 aliphatic rings. The van der Waals surface area contributed by atoms with E-state index in [9.17, 15) is 26.7 Å². The fraction of sp³-hybridized carbons (Fsp3) is 0.478. The van der Waals surface area contributed by atoms with Gasteiger partial charge in [-0.1, -0.05) is 12.6 Å². The molecule has 2 aliphatic carbocycles. The molecule has 1 aliphatic heterocycles. The summed E-state index contributed by atoms with van der Waals surface area (Å²) in [5.74, 6) is 3.18. The highest BCUT2D eigenvalue weighted by Crippen LogP contribution is 2.57. The van der Waals surface area contributed by atoms with Crippen molar-refractivity contribution in [2.24, 2.45) is 16.7 Å². The Morgan fingerprint density at radius 1 is 1.24 bits per heavy atom. The van der Waals surface area contributed by atoms with Gasteiger partial charge in [-0.3, -0.25) is 13.9 Å². The van der Waals surface area contributed by atoms with E-state index in [-0.39, 0.29) is 6.04 Å². The van der Waals surface area contributed by atoms with Gasteiger partial charge in [0.1, 0.15) is 11.6 Å². The first-order valence-corrected chi connectivity index (χ1v) is 14.7. The molecule has 0 radical (unpaired) electrons. The summed E-state index contributed by atoms with van der Waals surface area (Å²) in [7, 11) is -6.40. The molecule has 37 heavy (non-hydrogen) atoms. The highest BCUT2D eigenvalue weighted by molar-refractivity contribution is 7.89. The lowest BCUT2D eigenvalue weighted by Gasteiger charge is -2.63. The minimum Gasteiger partial charge on any atom is -0.379 e. The Morgan fingerprint density at radius 3 is 2.38 bits per heavy atom. The van der Waals surface area contributed by atoms with E-state index in [0.29, 0.717) is 12.0 Å². The van der Waals surface area contributed by atoms with Gasteiger partial charge in [-0.2, -0.15) is 21.9 Å². The van der Waals surface area contributed by atoms with Crippen molar-refractivity contribution in [3.8, 4) is 0 Å². The second-order valence-electron chi connectivity index (χ2n) is 9.99. The average molecular weight is 558 g/mol. The van der Waals surface area contributed by atoms with E-state index in [1.54, 1.807) is 6.07 Å². The van der Waals surface area contributed by atoms with E-state index in [2.05, 4.69) is 18.7 Å². The van der Waals surface area contributed by atoms with Crippen LogP contribution in [0.1, 0.15) is 34.3 Å². The van der Waals surface area contributed by atoms with Crippen LogP contribution in [0.25, 0.3) is 0 Å². The number of likely N-dealkylation sites (N-methyl/N-ethyl adjacent to an activating group) is 1. The normalized spacial score (nSPS) is 31.5. The van der Waals surface area contributed by atoms with Crippen LogP contribution in [0.4, 0.5) is 0 Å². The lowest BCUT2D eigenvalue weighted by Crippen LogP contribution is -2.77. The van der Waals surface area contributed by atoms with Crippen molar-refractivity contribution in [1.29, 1.82) is 0 Å². The minimum absolute atomic E-state index is 0.00764. The Balaban J connectivity index is 0.000000325. The summed E-state index contributed by atoms with van der Waals surface area (Å²) in [5.41, 5.74) is 7.34. The molecule has 0 aromatic heterocycles. The van der Waals surface area contributed by atoms with Crippen molar-refractivity contribution < 1.29 is 40.3 Å². The molecule has 1 aromatic carbocycles. The summed E-state index contributed by atoms with van der Waals surface area (Å²) in [6, 6.07) is 5.64. The largest absolute Gasteiger partial charge is 0.379 e. The van der Waals surface area contributed by atoms with Gasteiger partial charge in [-0.15, -0.1) is 0 Å². The zero-order valence-electron chi connectivity index (χ0n) is 20.4. The van der Waals surface area contributed by atoms with Crippen molar-refractivity contribution in [3.05, 3.63) is 59.7 Å². The van der Waals surface area contributed by atoms with Gasteiger partial charge in [0.25, 0.3) is 20.2 Å². The molecule has 204 valence electrons. The number of hydrazone groups is 1. The van der Waals surface area contributed by atoms with Crippen LogP contribution in [0.3, 0.4) is 0 Å². The number of hydrogen-bond donors (Lipinski definition) is 5. The summed E-state index contributed by atoms with van der Waals surface area (Å²) in [6.45, 7) is 5.63. The molecule has 1 heterocycles. The lowest BCUT2D eigenvalue weighted by atomic mass is 9.50. The summed E-state index contributed by atoms with van der Waals surface area (Å²) >= 11 is 0. The third-order valence-electron chi connectivity index (χ3n) is 7.72. The zero-order chi connectivity index (χ0) is 27.9. The number of carbonyl (C=O) groups excluding carboxylic acids is 1. The quantitative estimate of drug-likeness (QED) is 0.102. The van der Waals surface area contributed by atoms with Gasteiger partial charge in [-0.05, 0) is 41.5 Å². The Labute approximate surface area is 216 Å². The topological polar surface area (TPSA) is 210 Å². The number of hydrogen-bond acceptors (Lipinski definition) is 8. The standard InChI is InChI=1S/C21H26N4O2.C2H6O6S2/c1-3-9-25(2)10-8-20-13-16(24-23)6-7-21(20,27)18(25)12-14-4-5-15(19(22)26)11-17(14)20;3-9(4,5)1-2-10(6,7)8/h3-7,11,18,27H,1,8-10,12-13,23H2,2H3,(H-,22,26);1-2H2,(H,3,4,5)(H,6,7,8)/p+1/b24-16-;/t18-,20-,21-,25?;/m1./s1. The molecule has 2 bridgehead atoms. The molecule has 1 fully saturated rings. The van der Waals surface area contributed by atoms with Gasteiger partial charge in [0.05, 0.1) is 37.4 Å². The van der Waals surface area contributed by atoms with Crippen LogP contribution in [0.5, 0.6) is 0 Å². The van der Waals surface area contributed by atoms with Crippen LogP contribution < -0.4 is 11.6 Å². The number of benzene rings is 1. The Hall–Kier alpha value is -2.62. The molecular weight excluding hydrogens is 524 g/mol. The highest BCUT2D eigenvalue weighted by atomic mass is 32.2. The molecule has 0 saturated carbocycles. The molecule has 1 saturated heterocycles. The van der Waals surface area contributed by atoms with Crippen LogP contribution in [0.2, 0.25) is 0 Å². The fourth-order valence-electron chi connectivity index (χ4n) is 5.88. The fourth-order valence-corrected chi connectivity index (χ4v) is 7.57. The van der Waals surface area contributed by atoms with Gasteiger partial charge >= 0.3 is 0 Å². The summed E-state index contributed by atoms with van der Waals surface area (Å²) in [4.78, 5) is 11.8. The molecular formula is C23H33N4O8S2+. The SMILES string of the molecule is C=CC[N+]1(C)CC[C@]23C/C(=N\N)C=C[C@@]2(O)[C@H]1Cc1ccc(C(N)=O)cc13.O=S(=O)(O)CCS(=O)(=O)O. The smallest absolute Gasteiger partial charge is 0.265 e. The van der Waals surface area contributed by atoms with Gasteiger partial charge in [0.2, 0.25) is 5.91 Å². The van der Waals surface area contributed by atoms with Gasteiger partial charge in [0.15, 0.2) is 0 Å². The van der Waals surface area contributed by atoms with Crippen LogP contribution in [-0.2, 0) is 32.1 Å². The van der Waals surface area contributed by atoms with E-state index in [1.807, 2.05) is 30.4 Å². The summed E-state index contributed by atoms with van der Waals surface area (Å²) in [6.07, 6.45) is 7.71. The van der Waals surface area contributed by atoms with Crippen LogP contribution >= 0.6 is 0 Å². The number of nitrogens with zero attached hydrogens (tertiary/aromatic N) is 2. The lowest BCUT2D eigenvalue weighted by molar-refractivity contribution is -0.942. The van der Waals surface area contributed by atoms with Gasteiger partial charge < -0.3 is 21.2 Å². The van der Waals surface area contributed by atoms with Crippen molar-refractivity contribution in [2.75, 3.05) is 31.6 Å². The second kappa shape index (κ2) is 9.93. The van der Waals surface area contributed by atoms with Crippen molar-refractivity contribution in [1.82, 2.24) is 0 Å². The van der Waals surface area contributed by atoms with Crippen LogP contribution in [0, 0.1) is 0 Å². The molecule has 0 spiro atoms. The summed E-state index contributed by atoms with van der Waals surface area (Å²) < 4.78 is 56.1. The number of quaternary nitrogens is 1. The van der Waals surface area contributed by atoms with Crippen molar-refractivity contribution >= 4 is 31.9 Å². The molecule has 1 amide bonds. The molecule has 14 heteroatoms. The van der Waals surface area contributed by atoms with Gasteiger partial charge in [-0.25, -0.2) is 0 Å². The number of aliphatic hydroxyl groups is 1. The van der Waals surface area contributed by atoms with E-state index >= 15 is 0 Å². The number of nitrogens with two attached hydrogens (primary N) is 2. The van der Waals surface area contributed by atoms with Crippen LogP contribution in [0.15, 0.2) is 48.1 Å². The number of fused-ring (bicyclic) bond motifs is 1. The maximum atomic E-state index is 12.1. The number of likely N-dealkylation sites (tertiary alicyclic amines) is 1. The Kier molecular flexibility index (Phi) is 7.76. The van der Waals surface area contributed by atoms with Crippen molar-refractivity contribution in [3.63, 3.8) is 0 Å². The molecule has 7 N–H and O–H groups in total. The molecule has 4 rings (SSSR count). The third kappa shape index (κ3) is 5.63. The summed E-state index contributed by atoms with van der Waals surface area (Å²) in [5, 5.41) is 16.0. The Bertz CT molecular complexity index is 1340. The maximum Gasteiger partial charge on any atom is 0.265 e. The number of allylic oxidation sites excluding steroid dienone is 1. The van der Waals surface area contributed by atoms with E-state index in [4.69, 9.17) is 20.7 Å². The monoisotopic (exact) mass is 557 g/mol. The predicted octanol–water partition coefficient (Wildman–Crippen LogP) is -0.248. The second-order valence-corrected chi connectivity index (χ2v) is 13.1. The molecule has 1 unspecified atom stereocenters. The first-order valence-electron chi connectivity index (χ1n) is 11.5. The Morgan fingerprint density at radius 2 is 1.86 bits per heavy atom. The number of rotatable bonds is 6.